The highest BCUT2D eigenvalue weighted by atomic mass is 16.5. The van der Waals surface area contributed by atoms with Gasteiger partial charge in [0, 0.05) is 22.2 Å². The SMILES string of the molecule is COC(=O)c1ccc2c(C3CCCCC3)c(-c3cccc(C=O)c3)[nH]c2c1. The number of carbonyl (C=O) groups is 2. The van der Waals surface area contributed by atoms with Crippen LogP contribution in [0.4, 0.5) is 0 Å². The number of H-pyrrole nitrogens is 1. The number of ether oxygens (including phenoxy) is 1. The summed E-state index contributed by atoms with van der Waals surface area (Å²) in [6, 6.07) is 13.4. The average molecular weight is 361 g/mol. The quantitative estimate of drug-likeness (QED) is 0.494. The lowest BCUT2D eigenvalue weighted by molar-refractivity contribution is 0.0601. The summed E-state index contributed by atoms with van der Waals surface area (Å²) in [6.45, 7) is 0. The van der Waals surface area contributed by atoms with E-state index in [0.717, 1.165) is 28.4 Å². The van der Waals surface area contributed by atoms with Crippen molar-refractivity contribution in [1.29, 1.82) is 0 Å². The van der Waals surface area contributed by atoms with E-state index >= 15 is 0 Å². The third kappa shape index (κ3) is 3.27. The molecule has 27 heavy (non-hydrogen) atoms. The monoisotopic (exact) mass is 361 g/mol. The van der Waals surface area contributed by atoms with Crippen molar-refractivity contribution in [2.45, 2.75) is 38.0 Å². The number of hydrogen-bond acceptors (Lipinski definition) is 3. The Bertz CT molecular complexity index is 996. The summed E-state index contributed by atoms with van der Waals surface area (Å²) in [5.74, 6) is 0.154. The lowest BCUT2D eigenvalue weighted by Gasteiger charge is -2.23. The van der Waals surface area contributed by atoms with Gasteiger partial charge in [0.25, 0.3) is 0 Å². The van der Waals surface area contributed by atoms with Crippen LogP contribution in [0.15, 0.2) is 42.5 Å². The normalized spacial score (nSPS) is 15.0. The number of rotatable bonds is 4. The van der Waals surface area contributed by atoms with Crippen LogP contribution in [0.5, 0.6) is 0 Å². The molecule has 1 aliphatic carbocycles. The number of aromatic nitrogens is 1. The minimum atomic E-state index is -0.338. The van der Waals surface area contributed by atoms with Crippen LogP contribution in [-0.2, 0) is 4.74 Å². The Labute approximate surface area is 158 Å². The maximum Gasteiger partial charge on any atom is 0.337 e. The molecule has 0 amide bonds. The number of hydrogen-bond donors (Lipinski definition) is 1. The lowest BCUT2D eigenvalue weighted by Crippen LogP contribution is -2.05. The molecule has 2 aromatic carbocycles. The third-order valence-corrected chi connectivity index (χ3v) is 5.58. The van der Waals surface area contributed by atoms with E-state index < -0.39 is 0 Å². The summed E-state index contributed by atoms with van der Waals surface area (Å²) < 4.78 is 4.86. The second-order valence-corrected chi connectivity index (χ2v) is 7.24. The first-order valence-electron chi connectivity index (χ1n) is 9.51. The molecule has 1 saturated carbocycles. The van der Waals surface area contributed by atoms with Crippen molar-refractivity contribution in [2.24, 2.45) is 0 Å². The van der Waals surface area contributed by atoms with Crippen LogP contribution in [0.1, 0.15) is 64.3 Å². The number of carbonyl (C=O) groups excluding carboxylic acids is 2. The van der Waals surface area contributed by atoms with Gasteiger partial charge < -0.3 is 9.72 Å². The van der Waals surface area contributed by atoms with Gasteiger partial charge in [-0.2, -0.15) is 0 Å². The molecule has 4 nitrogen and oxygen atoms in total. The van der Waals surface area contributed by atoms with E-state index in [1.165, 1.54) is 44.8 Å². The molecule has 0 radical (unpaired) electrons. The molecule has 4 heteroatoms. The number of methoxy groups -OCH3 is 1. The number of aromatic amines is 1. The summed E-state index contributed by atoms with van der Waals surface area (Å²) in [6.07, 6.45) is 7.00. The van der Waals surface area contributed by atoms with Gasteiger partial charge in [-0.05, 0) is 48.1 Å². The predicted octanol–water partition coefficient (Wildman–Crippen LogP) is 5.48. The molecule has 0 unspecified atom stereocenters. The third-order valence-electron chi connectivity index (χ3n) is 5.58. The molecule has 0 spiro atoms. The van der Waals surface area contributed by atoms with Gasteiger partial charge in [-0.15, -0.1) is 0 Å². The highest BCUT2D eigenvalue weighted by Crippen LogP contribution is 2.42. The summed E-state index contributed by atoms with van der Waals surface area (Å²) in [5.41, 5.74) is 5.51. The van der Waals surface area contributed by atoms with Crippen molar-refractivity contribution < 1.29 is 14.3 Å². The van der Waals surface area contributed by atoms with E-state index in [4.69, 9.17) is 4.74 Å². The molecular weight excluding hydrogens is 338 g/mol. The summed E-state index contributed by atoms with van der Waals surface area (Å²) in [7, 11) is 1.39. The maximum absolute atomic E-state index is 11.9. The van der Waals surface area contributed by atoms with E-state index in [-0.39, 0.29) is 5.97 Å². The minimum absolute atomic E-state index is 0.338. The Morgan fingerprint density at radius 1 is 1.11 bits per heavy atom. The fourth-order valence-corrected chi connectivity index (χ4v) is 4.27. The molecule has 4 rings (SSSR count). The molecule has 1 heterocycles. The molecule has 1 N–H and O–H groups in total. The molecule has 1 aromatic heterocycles. The molecule has 1 aliphatic rings. The van der Waals surface area contributed by atoms with Gasteiger partial charge in [-0.25, -0.2) is 4.79 Å². The van der Waals surface area contributed by atoms with E-state index in [1.54, 1.807) is 0 Å². The molecule has 0 atom stereocenters. The topological polar surface area (TPSA) is 59.2 Å². The van der Waals surface area contributed by atoms with E-state index in [2.05, 4.69) is 4.98 Å². The Balaban J connectivity index is 1.91. The van der Waals surface area contributed by atoms with Gasteiger partial charge >= 0.3 is 5.97 Å². The smallest absolute Gasteiger partial charge is 0.337 e. The first-order chi connectivity index (χ1) is 13.2. The van der Waals surface area contributed by atoms with Crippen LogP contribution in [0.25, 0.3) is 22.2 Å². The zero-order chi connectivity index (χ0) is 18.8. The van der Waals surface area contributed by atoms with Gasteiger partial charge in [0.2, 0.25) is 0 Å². The van der Waals surface area contributed by atoms with Crippen LogP contribution in [0.2, 0.25) is 0 Å². The lowest BCUT2D eigenvalue weighted by atomic mass is 9.81. The van der Waals surface area contributed by atoms with E-state index in [0.29, 0.717) is 17.0 Å². The Morgan fingerprint density at radius 2 is 1.93 bits per heavy atom. The second kappa shape index (κ2) is 7.39. The number of aldehydes is 1. The molecule has 138 valence electrons. The first-order valence-corrected chi connectivity index (χ1v) is 9.51. The Hall–Kier alpha value is -2.88. The van der Waals surface area contributed by atoms with Gasteiger partial charge in [0.1, 0.15) is 6.29 Å². The molecule has 0 saturated heterocycles. The average Bonchev–Trinajstić information content (AvgIpc) is 3.12. The van der Waals surface area contributed by atoms with Crippen molar-refractivity contribution in [1.82, 2.24) is 4.98 Å². The number of fused-ring (bicyclic) bond motifs is 1. The van der Waals surface area contributed by atoms with Gasteiger partial charge in [0.15, 0.2) is 0 Å². The molecule has 0 bridgehead atoms. The number of esters is 1. The van der Waals surface area contributed by atoms with E-state index in [9.17, 15) is 9.59 Å². The maximum atomic E-state index is 11.9. The highest BCUT2D eigenvalue weighted by molar-refractivity contribution is 5.98. The van der Waals surface area contributed by atoms with Crippen LogP contribution in [-0.4, -0.2) is 24.3 Å². The van der Waals surface area contributed by atoms with Gasteiger partial charge in [-0.3, -0.25) is 4.79 Å². The molecule has 1 fully saturated rings. The van der Waals surface area contributed by atoms with E-state index in [1.807, 2.05) is 42.5 Å². The first kappa shape index (κ1) is 17.5. The van der Waals surface area contributed by atoms with Gasteiger partial charge in [-0.1, -0.05) is 43.5 Å². The van der Waals surface area contributed by atoms with Crippen molar-refractivity contribution in [3.63, 3.8) is 0 Å². The zero-order valence-corrected chi connectivity index (χ0v) is 15.5. The molecule has 3 aromatic rings. The molecule has 0 aliphatic heterocycles. The zero-order valence-electron chi connectivity index (χ0n) is 15.5. The Kier molecular flexibility index (Phi) is 4.80. The van der Waals surface area contributed by atoms with Crippen LogP contribution >= 0.6 is 0 Å². The largest absolute Gasteiger partial charge is 0.465 e. The van der Waals surface area contributed by atoms with Crippen molar-refractivity contribution in [2.75, 3.05) is 7.11 Å². The van der Waals surface area contributed by atoms with Crippen molar-refractivity contribution >= 4 is 23.2 Å². The number of nitrogens with one attached hydrogen (secondary N) is 1. The van der Waals surface area contributed by atoms with Crippen molar-refractivity contribution in [3.05, 3.63) is 59.2 Å². The standard InChI is InChI=1S/C23H23NO3/c1-27-23(26)18-10-11-19-20(13-18)24-22(17-9-5-6-15(12-17)14-25)21(19)16-7-3-2-4-8-16/h5-6,9-14,16,24H,2-4,7-8H2,1H3. The minimum Gasteiger partial charge on any atom is -0.465 e. The van der Waals surface area contributed by atoms with Gasteiger partial charge in [0.05, 0.1) is 12.7 Å². The van der Waals surface area contributed by atoms with Crippen LogP contribution < -0.4 is 0 Å². The summed E-state index contributed by atoms with van der Waals surface area (Å²) in [5, 5.41) is 1.15. The Morgan fingerprint density at radius 3 is 2.67 bits per heavy atom. The number of benzene rings is 2. The predicted molar refractivity (Wildman–Crippen MR) is 106 cm³/mol. The highest BCUT2D eigenvalue weighted by Gasteiger charge is 2.24. The van der Waals surface area contributed by atoms with Crippen molar-refractivity contribution in [3.8, 4) is 11.3 Å². The fraction of sp³-hybridized carbons (Fsp3) is 0.304. The summed E-state index contributed by atoms with van der Waals surface area (Å²) in [4.78, 5) is 26.7. The fourth-order valence-electron chi connectivity index (χ4n) is 4.27. The van der Waals surface area contributed by atoms with Crippen LogP contribution in [0.3, 0.4) is 0 Å². The van der Waals surface area contributed by atoms with Crippen LogP contribution in [0, 0.1) is 0 Å². The molecular formula is C23H23NO3. The second-order valence-electron chi connectivity index (χ2n) is 7.24. The summed E-state index contributed by atoms with van der Waals surface area (Å²) >= 11 is 0.